The van der Waals surface area contributed by atoms with Gasteiger partial charge in [-0.15, -0.1) is 0 Å². The maximum atomic E-state index is 13.5. The third-order valence-electron chi connectivity index (χ3n) is 2.63. The topological polar surface area (TPSA) is 119 Å². The summed E-state index contributed by atoms with van der Waals surface area (Å²) in [4.78, 5) is 23.4. The van der Waals surface area contributed by atoms with E-state index in [-0.39, 0.29) is 0 Å². The Morgan fingerprint density at radius 1 is 1.15 bits per heavy atom. The lowest BCUT2D eigenvalue weighted by molar-refractivity contribution is -0.356. The van der Waals surface area contributed by atoms with Crippen molar-refractivity contribution in [1.29, 1.82) is 0 Å². The highest BCUT2D eigenvalue weighted by atomic mass is 32.2. The average Bonchev–Trinajstić information content (AvgIpc) is 2.42. The van der Waals surface area contributed by atoms with Gasteiger partial charge in [-0.05, 0) is 20.8 Å². The maximum Gasteiger partial charge on any atom is 0.468 e. The van der Waals surface area contributed by atoms with Crippen LogP contribution in [0, 0.1) is 0 Å². The van der Waals surface area contributed by atoms with Crippen LogP contribution >= 0.6 is 0 Å². The number of carbonyl (C=O) groups is 2. The van der Waals surface area contributed by atoms with Crippen LogP contribution in [0.3, 0.4) is 0 Å². The third-order valence-corrected chi connectivity index (χ3v) is 3.57. The quantitative estimate of drug-likeness (QED) is 0.180. The van der Waals surface area contributed by atoms with Gasteiger partial charge in [-0.2, -0.15) is 22.0 Å². The van der Waals surface area contributed by atoms with Gasteiger partial charge >= 0.3 is 29.2 Å². The van der Waals surface area contributed by atoms with Crippen molar-refractivity contribution in [1.82, 2.24) is 0 Å². The molecule has 0 bridgehead atoms. The van der Waals surface area contributed by atoms with E-state index in [1.54, 1.807) is 0 Å². The monoisotopic (exact) mass is 427 g/mol. The lowest BCUT2D eigenvalue weighted by atomic mass is 10.2. The second-order valence-corrected chi connectivity index (χ2v) is 6.93. The van der Waals surface area contributed by atoms with Gasteiger partial charge in [0, 0.05) is 12.0 Å². The van der Waals surface area contributed by atoms with Crippen LogP contribution < -0.4 is 0 Å². The zero-order valence-corrected chi connectivity index (χ0v) is 15.1. The lowest BCUT2D eigenvalue weighted by Gasteiger charge is -2.33. The van der Waals surface area contributed by atoms with Gasteiger partial charge in [0.15, 0.2) is 10.1 Å². The van der Waals surface area contributed by atoms with E-state index in [4.69, 9.17) is 0 Å². The molecule has 0 saturated carbocycles. The van der Waals surface area contributed by atoms with Crippen LogP contribution in [0.4, 0.5) is 22.0 Å². The van der Waals surface area contributed by atoms with E-state index < -0.39 is 64.0 Å². The van der Waals surface area contributed by atoms with Crippen molar-refractivity contribution in [3.63, 3.8) is 0 Å². The molecule has 0 heterocycles. The molecule has 0 aromatic rings. The predicted octanol–water partition coefficient (Wildman–Crippen LogP) is 1.86. The van der Waals surface area contributed by atoms with E-state index in [1.807, 2.05) is 0 Å². The summed E-state index contributed by atoms with van der Waals surface area (Å²) in [5.41, 5.74) is -0.600. The second kappa shape index (κ2) is 8.48. The van der Waals surface area contributed by atoms with Crippen molar-refractivity contribution in [3.05, 3.63) is 12.2 Å². The summed E-state index contributed by atoms with van der Waals surface area (Å²) >= 11 is 0. The first-order chi connectivity index (χ1) is 11.9. The Kier molecular flexibility index (Phi) is 7.91. The van der Waals surface area contributed by atoms with Crippen LogP contribution in [0.15, 0.2) is 12.2 Å². The smallest absolute Gasteiger partial charge is 0.468 e. The first-order valence-electron chi connectivity index (χ1n) is 7.01. The standard InChI is InChI=1S/C13H17F5O8S/c1-7(2)9(19)26-12(13(16,17)18,10(20)25-8(3)4)24-6-5-11(14,15)27(21,22)23/h8H,1,5-6H2,2-4H3,(H,21,22,23)/p-1. The van der Waals surface area contributed by atoms with E-state index in [0.29, 0.717) is 0 Å². The van der Waals surface area contributed by atoms with Gasteiger partial charge in [-0.3, -0.25) is 0 Å². The Hall–Kier alpha value is -1.80. The predicted molar refractivity (Wildman–Crippen MR) is 76.1 cm³/mol. The zero-order chi connectivity index (χ0) is 21.8. The van der Waals surface area contributed by atoms with Crippen LogP contribution in [0.5, 0.6) is 0 Å². The third kappa shape index (κ3) is 6.39. The Labute approximate surface area is 151 Å². The number of rotatable bonds is 9. The van der Waals surface area contributed by atoms with E-state index >= 15 is 0 Å². The molecule has 1 atom stereocenters. The SMILES string of the molecule is C=C(C)C(=O)OC(OCCC(F)(F)S(=O)(=O)[O-])(C(=O)OC(C)C)C(F)(F)F. The van der Waals surface area contributed by atoms with E-state index in [1.165, 1.54) is 0 Å². The number of carbonyl (C=O) groups excluding carboxylic acids is 2. The van der Waals surface area contributed by atoms with Crippen LogP contribution in [-0.4, -0.2) is 54.8 Å². The lowest BCUT2D eigenvalue weighted by Crippen LogP contribution is -2.59. The zero-order valence-electron chi connectivity index (χ0n) is 14.3. The Balaban J connectivity index is 5.90. The van der Waals surface area contributed by atoms with Crippen molar-refractivity contribution in [2.24, 2.45) is 0 Å². The number of alkyl halides is 5. The molecule has 8 nitrogen and oxygen atoms in total. The second-order valence-electron chi connectivity index (χ2n) is 5.43. The molecule has 0 saturated heterocycles. The van der Waals surface area contributed by atoms with Gasteiger partial charge in [0.05, 0.1) is 12.7 Å². The van der Waals surface area contributed by atoms with E-state index in [2.05, 4.69) is 20.8 Å². The van der Waals surface area contributed by atoms with Gasteiger partial charge in [-0.25, -0.2) is 18.0 Å². The number of ether oxygens (including phenoxy) is 3. The first kappa shape index (κ1) is 25.2. The van der Waals surface area contributed by atoms with Crippen molar-refractivity contribution in [3.8, 4) is 0 Å². The molecular formula is C13H16F5O8S-. The summed E-state index contributed by atoms with van der Waals surface area (Å²) in [5, 5.41) is -5.00. The average molecular weight is 427 g/mol. The minimum absolute atomic E-state index is 0.600. The van der Waals surface area contributed by atoms with Gasteiger partial charge in [-0.1, -0.05) is 6.58 Å². The highest BCUT2D eigenvalue weighted by Crippen LogP contribution is 2.38. The van der Waals surface area contributed by atoms with Crippen molar-refractivity contribution >= 4 is 22.1 Å². The summed E-state index contributed by atoms with van der Waals surface area (Å²) < 4.78 is 110. The molecule has 1 unspecified atom stereocenters. The Morgan fingerprint density at radius 2 is 1.63 bits per heavy atom. The van der Waals surface area contributed by atoms with Crippen LogP contribution in [0.2, 0.25) is 0 Å². The van der Waals surface area contributed by atoms with E-state index in [9.17, 15) is 44.5 Å². The molecule has 27 heavy (non-hydrogen) atoms. The first-order valence-corrected chi connectivity index (χ1v) is 8.42. The van der Waals surface area contributed by atoms with Crippen LogP contribution in [0.1, 0.15) is 27.2 Å². The molecule has 0 aromatic carbocycles. The summed E-state index contributed by atoms with van der Waals surface area (Å²) in [5.74, 6) is -8.54. The Morgan fingerprint density at radius 3 is 1.96 bits per heavy atom. The minimum Gasteiger partial charge on any atom is -0.743 e. The summed E-state index contributed by atoms with van der Waals surface area (Å²) in [7, 11) is -6.21. The Bertz CT molecular complexity index is 685. The minimum atomic E-state index is -6.21. The molecule has 0 rings (SSSR count). The highest BCUT2D eigenvalue weighted by molar-refractivity contribution is 7.86. The number of halogens is 5. The molecule has 0 aliphatic heterocycles. The molecule has 0 aliphatic carbocycles. The summed E-state index contributed by atoms with van der Waals surface area (Å²) in [6.45, 7) is 4.40. The molecule has 0 aromatic heterocycles. The fraction of sp³-hybridized carbons (Fsp3) is 0.692. The number of hydrogen-bond acceptors (Lipinski definition) is 8. The number of hydrogen-bond donors (Lipinski definition) is 0. The normalized spacial score (nSPS) is 15.2. The largest absolute Gasteiger partial charge is 0.743 e. The van der Waals surface area contributed by atoms with Gasteiger partial charge in [0.1, 0.15) is 0 Å². The fourth-order valence-electron chi connectivity index (χ4n) is 1.33. The van der Waals surface area contributed by atoms with Crippen molar-refractivity contribution < 1.29 is 58.7 Å². The van der Waals surface area contributed by atoms with Gasteiger partial charge in [0.25, 0.3) is 0 Å². The summed E-state index contributed by atoms with van der Waals surface area (Å²) in [6, 6.07) is 0. The van der Waals surface area contributed by atoms with Crippen LogP contribution in [0.25, 0.3) is 0 Å². The molecule has 14 heteroatoms. The number of esters is 2. The molecule has 0 amide bonds. The highest BCUT2D eigenvalue weighted by Gasteiger charge is 2.68. The molecule has 158 valence electrons. The summed E-state index contributed by atoms with van der Waals surface area (Å²) in [6.07, 6.45) is -9.01. The van der Waals surface area contributed by atoms with Gasteiger partial charge < -0.3 is 18.8 Å². The molecule has 0 spiro atoms. The molecule has 0 N–H and O–H groups in total. The molecular weight excluding hydrogens is 411 g/mol. The van der Waals surface area contributed by atoms with Crippen molar-refractivity contribution in [2.45, 2.75) is 50.5 Å². The fourth-order valence-corrected chi connectivity index (χ4v) is 1.67. The van der Waals surface area contributed by atoms with Gasteiger partial charge in [0.2, 0.25) is 0 Å². The van der Waals surface area contributed by atoms with E-state index in [0.717, 1.165) is 20.8 Å². The van der Waals surface area contributed by atoms with Crippen molar-refractivity contribution in [2.75, 3.05) is 6.61 Å². The molecule has 0 radical (unpaired) electrons. The maximum absolute atomic E-state index is 13.5. The van der Waals surface area contributed by atoms with Crippen LogP contribution in [-0.2, 0) is 33.9 Å². The molecule has 0 fully saturated rings. The molecule has 0 aliphatic rings.